The third-order valence-corrected chi connectivity index (χ3v) is 5.87. The molecule has 1 heterocycles. The number of nitrogens with zero attached hydrogens (tertiary/aromatic N) is 2. The number of carboxylic acids is 2. The van der Waals surface area contributed by atoms with Gasteiger partial charge in [0.15, 0.2) is 0 Å². The zero-order valence-electron chi connectivity index (χ0n) is 18.4. The maximum Gasteiger partial charge on any atom is 0.414 e. The van der Waals surface area contributed by atoms with Crippen LogP contribution in [-0.2, 0) is 16.1 Å². The van der Waals surface area contributed by atoms with Crippen LogP contribution in [0.1, 0.15) is 15.9 Å². The zero-order chi connectivity index (χ0) is 24.5. The molecule has 3 aromatic carbocycles. The number of amides is 1. The highest BCUT2D eigenvalue weighted by molar-refractivity contribution is 9.10. The summed E-state index contributed by atoms with van der Waals surface area (Å²) in [4.78, 5) is 35.4. The summed E-state index contributed by atoms with van der Waals surface area (Å²) in [7, 11) is 0. The number of piperazine rings is 1. The Morgan fingerprint density at radius 1 is 0.735 bits per heavy atom. The first-order chi connectivity index (χ1) is 16.3. The first-order valence-corrected chi connectivity index (χ1v) is 11.5. The van der Waals surface area contributed by atoms with Crippen LogP contribution in [0.4, 0.5) is 0 Å². The van der Waals surface area contributed by atoms with E-state index in [1.807, 2.05) is 53.4 Å². The molecule has 1 fully saturated rings. The summed E-state index contributed by atoms with van der Waals surface area (Å²) in [6, 6.07) is 26.6. The summed E-state index contributed by atoms with van der Waals surface area (Å²) in [6.07, 6.45) is 0. The molecule has 1 aliphatic rings. The van der Waals surface area contributed by atoms with Crippen molar-refractivity contribution in [2.75, 3.05) is 26.2 Å². The van der Waals surface area contributed by atoms with Gasteiger partial charge in [0.05, 0.1) is 0 Å². The second kappa shape index (κ2) is 12.1. The minimum Gasteiger partial charge on any atom is -0.473 e. The van der Waals surface area contributed by atoms with Crippen molar-refractivity contribution in [1.29, 1.82) is 0 Å². The van der Waals surface area contributed by atoms with Crippen LogP contribution in [-0.4, -0.2) is 64.0 Å². The van der Waals surface area contributed by atoms with Crippen LogP contribution < -0.4 is 0 Å². The minimum absolute atomic E-state index is 0.127. The van der Waals surface area contributed by atoms with Crippen molar-refractivity contribution in [1.82, 2.24) is 9.80 Å². The van der Waals surface area contributed by atoms with Gasteiger partial charge < -0.3 is 15.1 Å². The monoisotopic (exact) mass is 524 g/mol. The number of carbonyl (C=O) groups is 3. The van der Waals surface area contributed by atoms with Crippen LogP contribution >= 0.6 is 15.9 Å². The van der Waals surface area contributed by atoms with E-state index in [0.717, 1.165) is 48.3 Å². The van der Waals surface area contributed by atoms with Gasteiger partial charge in [0.25, 0.3) is 5.91 Å². The maximum atomic E-state index is 12.9. The van der Waals surface area contributed by atoms with Gasteiger partial charge in [-0.3, -0.25) is 9.69 Å². The molecule has 0 radical (unpaired) electrons. The van der Waals surface area contributed by atoms with Gasteiger partial charge in [0.2, 0.25) is 0 Å². The van der Waals surface area contributed by atoms with E-state index in [0.29, 0.717) is 0 Å². The molecule has 176 valence electrons. The van der Waals surface area contributed by atoms with Crippen molar-refractivity contribution in [3.05, 3.63) is 94.5 Å². The fraction of sp³-hybridized carbons (Fsp3) is 0.192. The van der Waals surface area contributed by atoms with Crippen LogP contribution in [0, 0.1) is 0 Å². The van der Waals surface area contributed by atoms with Crippen LogP contribution in [0.5, 0.6) is 0 Å². The SMILES string of the molecule is O=C(O)C(=O)O.O=C(c1ccc(-c2ccccc2)cc1)N1CCN(Cc2cccc(Br)c2)CC1. The van der Waals surface area contributed by atoms with Gasteiger partial charge >= 0.3 is 11.9 Å². The highest BCUT2D eigenvalue weighted by Gasteiger charge is 2.22. The predicted octanol–water partition coefficient (Wildman–Crippen LogP) is 4.23. The smallest absolute Gasteiger partial charge is 0.414 e. The number of hydrogen-bond donors (Lipinski definition) is 2. The van der Waals surface area contributed by atoms with Crippen LogP contribution in [0.15, 0.2) is 83.3 Å². The van der Waals surface area contributed by atoms with Crippen LogP contribution in [0.3, 0.4) is 0 Å². The first kappa shape index (κ1) is 25.1. The maximum absolute atomic E-state index is 12.9. The Morgan fingerprint density at radius 3 is 1.88 bits per heavy atom. The molecule has 1 saturated heterocycles. The zero-order valence-corrected chi connectivity index (χ0v) is 20.0. The lowest BCUT2D eigenvalue weighted by atomic mass is 10.0. The standard InChI is InChI=1S/C24H23BrN2O.C2H2O4/c25-23-8-4-5-19(17-23)18-26-13-15-27(16-14-26)24(28)22-11-9-21(10-12-22)20-6-2-1-3-7-20;3-1(4)2(5)6/h1-12,17H,13-16,18H2;(H,3,4)(H,5,6). The lowest BCUT2D eigenvalue weighted by Crippen LogP contribution is -2.48. The van der Waals surface area contributed by atoms with Crippen molar-refractivity contribution >= 4 is 33.8 Å². The molecule has 34 heavy (non-hydrogen) atoms. The molecule has 7 nitrogen and oxygen atoms in total. The first-order valence-electron chi connectivity index (χ1n) is 10.7. The Balaban J connectivity index is 0.000000481. The summed E-state index contributed by atoms with van der Waals surface area (Å²) in [5, 5.41) is 14.8. The Kier molecular flexibility index (Phi) is 8.95. The normalized spacial score (nSPS) is 13.5. The molecule has 0 unspecified atom stereocenters. The van der Waals surface area contributed by atoms with Gasteiger partial charge in [-0.2, -0.15) is 0 Å². The molecule has 0 saturated carbocycles. The van der Waals surface area contributed by atoms with Gasteiger partial charge in [-0.1, -0.05) is 70.5 Å². The molecule has 1 aliphatic heterocycles. The number of benzene rings is 3. The Labute approximate surface area is 206 Å². The average Bonchev–Trinajstić information content (AvgIpc) is 2.85. The van der Waals surface area contributed by atoms with Crippen molar-refractivity contribution in [3.63, 3.8) is 0 Å². The molecule has 1 amide bonds. The van der Waals surface area contributed by atoms with E-state index in [1.54, 1.807) is 0 Å². The number of hydrogen-bond acceptors (Lipinski definition) is 4. The molecule has 3 aromatic rings. The summed E-state index contributed by atoms with van der Waals surface area (Å²) in [5.41, 5.74) is 4.37. The molecule has 4 rings (SSSR count). The molecular formula is C26H25BrN2O5. The molecule has 0 spiro atoms. The molecule has 0 aromatic heterocycles. The number of aliphatic carboxylic acids is 2. The Morgan fingerprint density at radius 2 is 1.32 bits per heavy atom. The Hall–Kier alpha value is -3.49. The van der Waals surface area contributed by atoms with E-state index < -0.39 is 11.9 Å². The number of carboxylic acid groups (broad SMARTS) is 2. The number of carbonyl (C=O) groups excluding carboxylic acids is 1. The lowest BCUT2D eigenvalue weighted by molar-refractivity contribution is -0.159. The van der Waals surface area contributed by atoms with E-state index in [9.17, 15) is 4.79 Å². The summed E-state index contributed by atoms with van der Waals surface area (Å²) >= 11 is 3.53. The largest absolute Gasteiger partial charge is 0.473 e. The molecule has 2 N–H and O–H groups in total. The summed E-state index contributed by atoms with van der Waals surface area (Å²) in [6.45, 7) is 4.27. The second-order valence-electron chi connectivity index (χ2n) is 7.75. The predicted molar refractivity (Wildman–Crippen MR) is 132 cm³/mol. The topological polar surface area (TPSA) is 98.1 Å². The third-order valence-electron chi connectivity index (χ3n) is 5.38. The highest BCUT2D eigenvalue weighted by Crippen LogP contribution is 2.20. The number of rotatable bonds is 4. The van der Waals surface area contributed by atoms with Gasteiger partial charge in [-0.05, 0) is 41.0 Å². The molecular weight excluding hydrogens is 500 g/mol. The molecule has 0 bridgehead atoms. The fourth-order valence-electron chi connectivity index (χ4n) is 3.62. The molecule has 0 atom stereocenters. The average molecular weight is 525 g/mol. The van der Waals surface area contributed by atoms with Gasteiger partial charge in [0, 0.05) is 42.8 Å². The minimum atomic E-state index is -1.82. The van der Waals surface area contributed by atoms with Crippen molar-refractivity contribution in [3.8, 4) is 11.1 Å². The third kappa shape index (κ3) is 7.26. The second-order valence-corrected chi connectivity index (χ2v) is 8.67. The van der Waals surface area contributed by atoms with E-state index in [2.05, 4.69) is 51.2 Å². The van der Waals surface area contributed by atoms with Gasteiger partial charge in [-0.25, -0.2) is 9.59 Å². The fourth-order valence-corrected chi connectivity index (χ4v) is 4.07. The van der Waals surface area contributed by atoms with E-state index in [1.165, 1.54) is 11.1 Å². The molecule has 0 aliphatic carbocycles. The quantitative estimate of drug-likeness (QED) is 0.495. The van der Waals surface area contributed by atoms with E-state index in [-0.39, 0.29) is 5.91 Å². The van der Waals surface area contributed by atoms with E-state index in [4.69, 9.17) is 19.8 Å². The van der Waals surface area contributed by atoms with Gasteiger partial charge in [-0.15, -0.1) is 0 Å². The van der Waals surface area contributed by atoms with Crippen molar-refractivity contribution in [2.24, 2.45) is 0 Å². The highest BCUT2D eigenvalue weighted by atomic mass is 79.9. The number of halogens is 1. The van der Waals surface area contributed by atoms with E-state index >= 15 is 0 Å². The summed E-state index contributed by atoms with van der Waals surface area (Å²) in [5.74, 6) is -3.52. The van der Waals surface area contributed by atoms with Crippen LogP contribution in [0.2, 0.25) is 0 Å². The van der Waals surface area contributed by atoms with Crippen molar-refractivity contribution < 1.29 is 24.6 Å². The van der Waals surface area contributed by atoms with Gasteiger partial charge in [0.1, 0.15) is 0 Å². The van der Waals surface area contributed by atoms with Crippen LogP contribution in [0.25, 0.3) is 11.1 Å². The Bertz CT molecular complexity index is 1120. The van der Waals surface area contributed by atoms with Crippen molar-refractivity contribution in [2.45, 2.75) is 6.54 Å². The summed E-state index contributed by atoms with van der Waals surface area (Å²) < 4.78 is 1.11. The molecule has 8 heteroatoms. The lowest BCUT2D eigenvalue weighted by Gasteiger charge is -2.34.